The third kappa shape index (κ3) is 5.13. The molecule has 0 fully saturated rings. The van der Waals surface area contributed by atoms with Crippen LogP contribution in [0.5, 0.6) is 0 Å². The van der Waals surface area contributed by atoms with Gasteiger partial charge in [-0.3, -0.25) is 0 Å². The number of hydrogen-bond acceptors (Lipinski definition) is 0. The molecule has 0 spiro atoms. The Morgan fingerprint density at radius 2 is 2.00 bits per heavy atom. The van der Waals surface area contributed by atoms with Crippen molar-refractivity contribution in [2.24, 2.45) is 0 Å². The predicted octanol–water partition coefficient (Wildman–Crippen LogP) is 3.58. The zero-order chi connectivity index (χ0) is 9.36. The van der Waals surface area contributed by atoms with Crippen molar-refractivity contribution in [3.8, 4) is 0 Å². The van der Waals surface area contributed by atoms with Crippen LogP contribution in [0.15, 0.2) is 34.5 Å². The summed E-state index contributed by atoms with van der Waals surface area (Å²) in [6, 6.07) is 10.6. The maximum absolute atomic E-state index is 2.40. The van der Waals surface area contributed by atoms with E-state index in [2.05, 4.69) is 47.5 Å². The molecule has 0 unspecified atom stereocenters. The van der Waals surface area contributed by atoms with Crippen molar-refractivity contribution in [2.75, 3.05) is 0 Å². The third-order valence-electron chi connectivity index (χ3n) is 1.77. The summed E-state index contributed by atoms with van der Waals surface area (Å²) in [6.45, 7) is 2.26. The van der Waals surface area contributed by atoms with Gasteiger partial charge in [-0.15, -0.1) is 0 Å². The molecule has 70 valence electrons. The monoisotopic (exact) mass is 290 g/mol. The number of hydrogen-bond donors (Lipinski definition) is 0. The average molecular weight is 288 g/mol. The molecule has 1 rings (SSSR count). The van der Waals surface area contributed by atoms with E-state index in [9.17, 15) is 0 Å². The van der Waals surface area contributed by atoms with Crippen LogP contribution in [0.25, 0.3) is 6.08 Å². The van der Waals surface area contributed by atoms with E-state index in [1.165, 1.54) is 22.9 Å². The normalized spacial score (nSPS) is 10.8. The summed E-state index contributed by atoms with van der Waals surface area (Å²) >= 11 is 0.149. The van der Waals surface area contributed by atoms with Crippen molar-refractivity contribution in [3.63, 3.8) is 0 Å². The fourth-order valence-corrected chi connectivity index (χ4v) is 3.40. The van der Waals surface area contributed by atoms with E-state index >= 15 is 0 Å². The first-order chi connectivity index (χ1) is 6.43. The second kappa shape index (κ2) is 7.18. The van der Waals surface area contributed by atoms with Crippen molar-refractivity contribution < 1.29 is 0 Å². The molecule has 13 heavy (non-hydrogen) atoms. The molecular formula is C12H16Te. The van der Waals surface area contributed by atoms with Gasteiger partial charge in [-0.1, -0.05) is 0 Å². The fourth-order valence-electron chi connectivity index (χ4n) is 0.987. The molecule has 0 atom stereocenters. The van der Waals surface area contributed by atoms with Gasteiger partial charge in [-0.05, 0) is 0 Å². The molecule has 0 bridgehead atoms. The molecule has 0 aliphatic heterocycles. The summed E-state index contributed by atoms with van der Waals surface area (Å²) in [5.41, 5.74) is 1.34. The third-order valence-corrected chi connectivity index (χ3v) is 4.21. The van der Waals surface area contributed by atoms with Crippen LogP contribution in [0, 0.1) is 0 Å². The number of unbranched alkanes of at least 4 members (excludes halogenated alkanes) is 1. The van der Waals surface area contributed by atoms with Gasteiger partial charge >= 0.3 is 91.3 Å². The Morgan fingerprint density at radius 3 is 2.69 bits per heavy atom. The standard InChI is InChI=1S/C12H16Te/c1-2-3-10-13-11-9-12-7-5-4-6-8-12/h4-9,11H,2-3,10H2,1H3/b11-9+. The van der Waals surface area contributed by atoms with Gasteiger partial charge in [0.15, 0.2) is 0 Å². The Bertz CT molecular complexity index is 239. The molecule has 0 amide bonds. The van der Waals surface area contributed by atoms with E-state index in [4.69, 9.17) is 0 Å². The van der Waals surface area contributed by atoms with Crippen LogP contribution < -0.4 is 0 Å². The van der Waals surface area contributed by atoms with E-state index in [-0.39, 0.29) is 20.9 Å². The van der Waals surface area contributed by atoms with Crippen LogP contribution >= 0.6 is 0 Å². The summed E-state index contributed by atoms with van der Waals surface area (Å²) in [6.07, 6.45) is 5.00. The van der Waals surface area contributed by atoms with Crippen molar-refractivity contribution in [1.82, 2.24) is 0 Å². The van der Waals surface area contributed by atoms with Crippen LogP contribution in [0.3, 0.4) is 0 Å². The molecule has 1 heteroatoms. The van der Waals surface area contributed by atoms with Crippen LogP contribution in [-0.4, -0.2) is 20.9 Å². The van der Waals surface area contributed by atoms with Gasteiger partial charge in [-0.25, -0.2) is 0 Å². The Morgan fingerprint density at radius 1 is 1.23 bits per heavy atom. The number of benzene rings is 1. The molecule has 0 heterocycles. The van der Waals surface area contributed by atoms with Crippen LogP contribution in [0.1, 0.15) is 25.3 Å². The second-order valence-corrected chi connectivity index (χ2v) is 5.83. The number of rotatable bonds is 5. The van der Waals surface area contributed by atoms with Crippen molar-refractivity contribution in [2.45, 2.75) is 24.2 Å². The Balaban J connectivity index is 2.25. The van der Waals surface area contributed by atoms with Gasteiger partial charge < -0.3 is 0 Å². The fraction of sp³-hybridized carbons (Fsp3) is 0.333. The first kappa shape index (κ1) is 10.8. The molecule has 1 aromatic carbocycles. The Kier molecular flexibility index (Phi) is 5.98. The van der Waals surface area contributed by atoms with E-state index in [0.29, 0.717) is 0 Å². The van der Waals surface area contributed by atoms with E-state index < -0.39 is 0 Å². The summed E-state index contributed by atoms with van der Waals surface area (Å²) in [5.74, 6) is 0. The van der Waals surface area contributed by atoms with Crippen molar-refractivity contribution in [1.29, 1.82) is 0 Å². The van der Waals surface area contributed by atoms with Gasteiger partial charge in [0, 0.05) is 0 Å². The topological polar surface area (TPSA) is 0 Å². The molecule has 0 nitrogen and oxygen atoms in total. The zero-order valence-electron chi connectivity index (χ0n) is 8.07. The summed E-state index contributed by atoms with van der Waals surface area (Å²) in [4.78, 5) is 0. The van der Waals surface area contributed by atoms with Crippen LogP contribution in [0.4, 0.5) is 0 Å². The minimum atomic E-state index is 0.149. The van der Waals surface area contributed by atoms with E-state index in [1.807, 2.05) is 0 Å². The quantitative estimate of drug-likeness (QED) is 0.574. The van der Waals surface area contributed by atoms with E-state index in [0.717, 1.165) is 0 Å². The van der Waals surface area contributed by atoms with Crippen LogP contribution in [-0.2, 0) is 0 Å². The molecule has 0 saturated heterocycles. The average Bonchev–Trinajstić information content (AvgIpc) is 2.19. The van der Waals surface area contributed by atoms with Gasteiger partial charge in [-0.2, -0.15) is 0 Å². The molecule has 0 N–H and O–H groups in total. The first-order valence-corrected chi connectivity index (χ1v) is 7.76. The molecule has 0 radical (unpaired) electrons. The Labute approximate surface area is 91.1 Å². The van der Waals surface area contributed by atoms with Crippen LogP contribution in [0.2, 0.25) is 4.47 Å². The predicted molar refractivity (Wildman–Crippen MR) is 60.9 cm³/mol. The van der Waals surface area contributed by atoms with Crippen molar-refractivity contribution >= 4 is 27.0 Å². The van der Waals surface area contributed by atoms with E-state index in [1.54, 1.807) is 0 Å². The van der Waals surface area contributed by atoms with Gasteiger partial charge in [0.1, 0.15) is 0 Å². The second-order valence-electron chi connectivity index (χ2n) is 2.94. The molecule has 0 saturated carbocycles. The summed E-state index contributed by atoms with van der Waals surface area (Å²) in [7, 11) is 0. The van der Waals surface area contributed by atoms with Crippen molar-refractivity contribution in [3.05, 3.63) is 40.0 Å². The SMILES string of the molecule is CCCC[Te]/C=C/c1ccccc1. The van der Waals surface area contributed by atoms with Gasteiger partial charge in [0.2, 0.25) is 0 Å². The maximum atomic E-state index is 2.40. The zero-order valence-corrected chi connectivity index (χ0v) is 10.4. The minimum absolute atomic E-state index is 0.149. The molecule has 0 aliphatic rings. The molecular weight excluding hydrogens is 272 g/mol. The molecule has 0 aliphatic carbocycles. The Hall–Kier alpha value is -0.250. The summed E-state index contributed by atoms with van der Waals surface area (Å²) in [5, 5.41) is 0. The first-order valence-electron chi connectivity index (χ1n) is 4.76. The van der Waals surface area contributed by atoms with Gasteiger partial charge in [0.05, 0.1) is 0 Å². The molecule has 1 aromatic rings. The molecule has 0 aromatic heterocycles. The van der Waals surface area contributed by atoms with Gasteiger partial charge in [0.25, 0.3) is 0 Å². The summed E-state index contributed by atoms with van der Waals surface area (Å²) < 4.78 is 3.85.